The van der Waals surface area contributed by atoms with Gasteiger partial charge in [0, 0.05) is 13.1 Å². The second-order valence-electron chi connectivity index (χ2n) is 4.83. The Hall–Kier alpha value is -1.93. The zero-order chi connectivity index (χ0) is 16.2. The molecule has 7 nitrogen and oxygen atoms in total. The Bertz CT molecular complexity index is 809. The number of H-pyrrole nitrogens is 1. The summed E-state index contributed by atoms with van der Waals surface area (Å²) in [5.41, 5.74) is 5.39. The van der Waals surface area contributed by atoms with Crippen molar-refractivity contribution in [3.63, 3.8) is 0 Å². The van der Waals surface area contributed by atoms with Crippen LogP contribution in [0.25, 0.3) is 11.2 Å². The fourth-order valence-electron chi connectivity index (χ4n) is 2.15. The highest BCUT2D eigenvalue weighted by atomic mass is 35.5. The second-order valence-corrected chi connectivity index (χ2v) is 5.64. The van der Waals surface area contributed by atoms with Crippen LogP contribution in [-0.2, 0) is 6.54 Å². The largest absolute Gasteiger partial charge is 0.395 e. The van der Waals surface area contributed by atoms with Crippen molar-refractivity contribution in [2.24, 2.45) is 0 Å². The van der Waals surface area contributed by atoms with Crippen molar-refractivity contribution in [3.8, 4) is 0 Å². The third-order valence-electron chi connectivity index (χ3n) is 3.21. The van der Waals surface area contributed by atoms with Crippen LogP contribution in [0.1, 0.15) is 5.56 Å². The van der Waals surface area contributed by atoms with Gasteiger partial charge in [0.15, 0.2) is 11.5 Å². The Morgan fingerprint density at radius 1 is 1.17 bits per heavy atom. The van der Waals surface area contributed by atoms with E-state index in [1.165, 1.54) is 6.33 Å². The minimum absolute atomic E-state index is 0.00841. The first kappa shape index (κ1) is 15.9. The number of anilines is 1. The molecule has 0 aliphatic carbocycles. The summed E-state index contributed by atoms with van der Waals surface area (Å²) in [6.07, 6.45) is 2.99. The number of aliphatic hydroxyl groups excluding tert-OH is 1. The predicted octanol–water partition coefficient (Wildman–Crippen LogP) is 2.48. The first-order valence-electron chi connectivity index (χ1n) is 6.88. The van der Waals surface area contributed by atoms with Crippen LogP contribution in [0.15, 0.2) is 30.9 Å². The van der Waals surface area contributed by atoms with Crippen molar-refractivity contribution in [2.75, 3.05) is 18.6 Å². The number of rotatable bonds is 6. The van der Waals surface area contributed by atoms with Crippen LogP contribution in [0.4, 0.5) is 5.82 Å². The number of fused-ring (bicyclic) bond motifs is 1. The molecular formula is C14H14Cl2N6O. The molecular weight excluding hydrogens is 339 g/mol. The molecule has 0 saturated carbocycles. The minimum atomic E-state index is -0.00841. The molecule has 3 aromatic rings. The zero-order valence-electron chi connectivity index (χ0n) is 12.0. The van der Waals surface area contributed by atoms with Gasteiger partial charge >= 0.3 is 0 Å². The van der Waals surface area contributed by atoms with Gasteiger partial charge in [-0.15, -0.1) is 0 Å². The number of aromatic amines is 1. The van der Waals surface area contributed by atoms with Crippen LogP contribution in [0.2, 0.25) is 10.0 Å². The Kier molecular flexibility index (Phi) is 4.92. The smallest absolute Gasteiger partial charge is 0.182 e. The lowest BCUT2D eigenvalue weighted by atomic mass is 10.2. The third kappa shape index (κ3) is 3.70. The quantitative estimate of drug-likeness (QED) is 0.590. The molecule has 3 rings (SSSR count). The molecule has 1 aromatic carbocycles. The maximum atomic E-state index is 9.28. The molecule has 0 atom stereocenters. The molecule has 0 radical (unpaired) electrons. The molecule has 0 aliphatic heterocycles. The lowest BCUT2D eigenvalue weighted by Gasteiger charge is -2.23. The summed E-state index contributed by atoms with van der Waals surface area (Å²) in [5, 5.41) is 12.1. The number of halogens is 2. The summed E-state index contributed by atoms with van der Waals surface area (Å²) in [6, 6.07) is 5.42. The highest BCUT2D eigenvalue weighted by molar-refractivity contribution is 6.42. The Morgan fingerprint density at radius 3 is 2.83 bits per heavy atom. The van der Waals surface area contributed by atoms with Gasteiger partial charge in [0.1, 0.15) is 11.8 Å². The van der Waals surface area contributed by atoms with Crippen molar-refractivity contribution in [1.29, 1.82) is 0 Å². The molecule has 120 valence electrons. The molecule has 23 heavy (non-hydrogen) atoms. The van der Waals surface area contributed by atoms with Crippen LogP contribution in [0.5, 0.6) is 0 Å². The highest BCUT2D eigenvalue weighted by Gasteiger charge is 2.11. The van der Waals surface area contributed by atoms with Crippen LogP contribution in [-0.4, -0.2) is 43.2 Å². The standard InChI is InChI=1S/C14H14Cl2N6O/c15-10-2-1-9(5-11(10)16)6-22(3-4-23)21-14-12-13(18-7-17-12)19-8-20-14/h1-2,5,7-8,23H,3-4,6H2,(H2,17,18,19,20,21). The molecule has 0 bridgehead atoms. The summed E-state index contributed by atoms with van der Waals surface area (Å²) in [4.78, 5) is 15.4. The number of aliphatic hydroxyl groups is 1. The van der Waals surface area contributed by atoms with E-state index in [2.05, 4.69) is 25.4 Å². The van der Waals surface area contributed by atoms with Gasteiger partial charge in [0.2, 0.25) is 0 Å². The topological polar surface area (TPSA) is 90.0 Å². The predicted molar refractivity (Wildman–Crippen MR) is 89.3 cm³/mol. The molecule has 9 heteroatoms. The van der Waals surface area contributed by atoms with E-state index in [4.69, 9.17) is 23.2 Å². The van der Waals surface area contributed by atoms with Crippen molar-refractivity contribution in [3.05, 3.63) is 46.5 Å². The normalized spacial score (nSPS) is 11.3. The number of benzene rings is 1. The van der Waals surface area contributed by atoms with Gasteiger partial charge in [0.25, 0.3) is 0 Å². The SMILES string of the molecule is OCCN(Cc1ccc(Cl)c(Cl)c1)Nc1ncnc2nc[nH]c12. The van der Waals surface area contributed by atoms with Crippen LogP contribution < -0.4 is 5.43 Å². The summed E-state index contributed by atoms with van der Waals surface area (Å²) in [6.45, 7) is 0.905. The van der Waals surface area contributed by atoms with Crippen LogP contribution in [0.3, 0.4) is 0 Å². The van der Waals surface area contributed by atoms with Crippen molar-refractivity contribution in [2.45, 2.75) is 6.54 Å². The summed E-state index contributed by atoms with van der Waals surface area (Å²) in [5.74, 6) is 0.584. The van der Waals surface area contributed by atoms with Crippen LogP contribution >= 0.6 is 23.2 Å². The number of hydrogen-bond donors (Lipinski definition) is 3. The monoisotopic (exact) mass is 352 g/mol. The average molecular weight is 353 g/mol. The van der Waals surface area contributed by atoms with E-state index in [9.17, 15) is 5.11 Å². The van der Waals surface area contributed by atoms with Crippen LogP contribution in [0, 0.1) is 0 Å². The molecule has 0 fully saturated rings. The average Bonchev–Trinajstić information content (AvgIpc) is 3.01. The molecule has 0 aliphatic rings. The first-order valence-corrected chi connectivity index (χ1v) is 7.63. The van der Waals surface area contributed by atoms with Gasteiger partial charge in [-0.25, -0.2) is 20.0 Å². The first-order chi connectivity index (χ1) is 11.2. The second kappa shape index (κ2) is 7.10. The third-order valence-corrected chi connectivity index (χ3v) is 3.95. The lowest BCUT2D eigenvalue weighted by Crippen LogP contribution is -2.32. The maximum Gasteiger partial charge on any atom is 0.182 e. The van der Waals surface area contributed by atoms with Gasteiger partial charge in [-0.2, -0.15) is 0 Å². The Labute approximate surface area is 142 Å². The number of nitrogens with one attached hydrogen (secondary N) is 2. The van der Waals surface area contributed by atoms with E-state index < -0.39 is 0 Å². The van der Waals surface area contributed by atoms with E-state index in [0.717, 1.165) is 5.56 Å². The van der Waals surface area contributed by atoms with E-state index in [1.54, 1.807) is 18.5 Å². The molecule has 3 N–H and O–H groups in total. The number of aromatic nitrogens is 4. The van der Waals surface area contributed by atoms with Gasteiger partial charge in [-0.3, -0.25) is 0 Å². The van der Waals surface area contributed by atoms with Gasteiger partial charge in [0.05, 0.1) is 23.0 Å². The fourth-order valence-corrected chi connectivity index (χ4v) is 2.47. The number of hydrazine groups is 1. The number of nitrogens with zero attached hydrogens (tertiary/aromatic N) is 4. The maximum absolute atomic E-state index is 9.28. The Morgan fingerprint density at radius 2 is 2.04 bits per heavy atom. The van der Waals surface area contributed by atoms with Gasteiger partial charge in [-0.1, -0.05) is 29.3 Å². The summed E-state index contributed by atoms with van der Waals surface area (Å²) in [7, 11) is 0. The summed E-state index contributed by atoms with van der Waals surface area (Å²) < 4.78 is 0. The zero-order valence-corrected chi connectivity index (χ0v) is 13.5. The molecule has 0 unspecified atom stereocenters. The lowest BCUT2D eigenvalue weighted by molar-refractivity contribution is 0.215. The van der Waals surface area contributed by atoms with Gasteiger partial charge < -0.3 is 15.5 Å². The highest BCUT2D eigenvalue weighted by Crippen LogP contribution is 2.23. The van der Waals surface area contributed by atoms with E-state index in [-0.39, 0.29) is 6.61 Å². The number of imidazole rings is 1. The van der Waals surface area contributed by atoms with Crippen molar-refractivity contribution >= 4 is 40.2 Å². The molecule has 2 aromatic heterocycles. The van der Waals surface area contributed by atoms with E-state index in [0.29, 0.717) is 40.1 Å². The fraction of sp³-hybridized carbons (Fsp3) is 0.214. The van der Waals surface area contributed by atoms with E-state index >= 15 is 0 Å². The summed E-state index contributed by atoms with van der Waals surface area (Å²) >= 11 is 12.0. The van der Waals surface area contributed by atoms with Crippen molar-refractivity contribution < 1.29 is 5.11 Å². The van der Waals surface area contributed by atoms with Crippen molar-refractivity contribution in [1.82, 2.24) is 24.9 Å². The Balaban J connectivity index is 1.81. The number of hydrogen-bond acceptors (Lipinski definition) is 6. The van der Waals surface area contributed by atoms with Gasteiger partial charge in [-0.05, 0) is 17.7 Å². The van der Waals surface area contributed by atoms with E-state index in [1.807, 2.05) is 11.1 Å². The molecule has 2 heterocycles. The molecule has 0 spiro atoms. The molecule has 0 amide bonds. The minimum Gasteiger partial charge on any atom is -0.395 e. The molecule has 0 saturated heterocycles.